The molecule has 16 heavy (non-hydrogen) atoms. The topological polar surface area (TPSA) is 58.2 Å². The summed E-state index contributed by atoms with van der Waals surface area (Å²) in [7, 11) is -1.88. The van der Waals surface area contributed by atoms with Crippen molar-refractivity contribution in [1.82, 2.24) is 10.0 Å². The van der Waals surface area contributed by atoms with Crippen molar-refractivity contribution >= 4 is 10.0 Å². The van der Waals surface area contributed by atoms with Gasteiger partial charge in [-0.2, -0.15) is 0 Å². The summed E-state index contributed by atoms with van der Waals surface area (Å²) < 4.78 is 38.7. The van der Waals surface area contributed by atoms with E-state index in [1.807, 2.05) is 6.92 Å². The Hall–Kier alpha value is -0.980. The molecule has 0 saturated carbocycles. The lowest BCUT2D eigenvalue weighted by molar-refractivity contribution is 0.552. The third-order valence-electron chi connectivity index (χ3n) is 2.18. The fourth-order valence-corrected chi connectivity index (χ4v) is 2.22. The number of rotatable bonds is 5. The summed E-state index contributed by atoms with van der Waals surface area (Å²) in [4.78, 5) is -0.0594. The highest BCUT2D eigenvalue weighted by Crippen LogP contribution is 2.09. The molecule has 0 aliphatic carbocycles. The van der Waals surface area contributed by atoms with Gasteiger partial charge in [-0.15, -0.1) is 0 Å². The monoisotopic (exact) mass is 246 g/mol. The van der Waals surface area contributed by atoms with E-state index in [9.17, 15) is 12.8 Å². The van der Waals surface area contributed by atoms with Crippen LogP contribution in [0.15, 0.2) is 29.2 Å². The number of hydrogen-bond acceptors (Lipinski definition) is 3. The van der Waals surface area contributed by atoms with E-state index < -0.39 is 15.8 Å². The molecule has 0 fully saturated rings. The van der Waals surface area contributed by atoms with Gasteiger partial charge in [0.25, 0.3) is 0 Å². The largest absolute Gasteiger partial charge is 0.316 e. The molecule has 2 N–H and O–H groups in total. The Balaban J connectivity index is 2.78. The molecule has 0 aliphatic rings. The standard InChI is InChI=1S/C10H15FN2O2S/c1-8(12-2)7-13-16(14,15)10-5-3-4-9(11)6-10/h3-6,8,12-13H,7H2,1-2H3. The van der Waals surface area contributed by atoms with Crippen LogP contribution in [-0.2, 0) is 10.0 Å². The van der Waals surface area contributed by atoms with Crippen LogP contribution in [0.5, 0.6) is 0 Å². The van der Waals surface area contributed by atoms with Gasteiger partial charge in [-0.1, -0.05) is 6.07 Å². The molecule has 0 aromatic heterocycles. The van der Waals surface area contributed by atoms with Crippen LogP contribution in [-0.4, -0.2) is 28.1 Å². The maximum absolute atomic E-state index is 12.9. The van der Waals surface area contributed by atoms with Crippen LogP contribution in [0.3, 0.4) is 0 Å². The van der Waals surface area contributed by atoms with Gasteiger partial charge in [0.2, 0.25) is 10.0 Å². The first-order valence-electron chi connectivity index (χ1n) is 4.88. The summed E-state index contributed by atoms with van der Waals surface area (Å²) in [5.74, 6) is -0.565. The molecule has 1 rings (SSSR count). The number of benzene rings is 1. The molecule has 0 saturated heterocycles. The minimum Gasteiger partial charge on any atom is -0.316 e. The highest BCUT2D eigenvalue weighted by Gasteiger charge is 2.14. The molecule has 1 unspecified atom stereocenters. The molecule has 0 aliphatic heterocycles. The van der Waals surface area contributed by atoms with Crippen LogP contribution >= 0.6 is 0 Å². The first kappa shape index (κ1) is 13.1. The van der Waals surface area contributed by atoms with Crippen LogP contribution < -0.4 is 10.0 Å². The van der Waals surface area contributed by atoms with Crippen LogP contribution in [0.1, 0.15) is 6.92 Å². The summed E-state index contributed by atoms with van der Waals surface area (Å²) in [5.41, 5.74) is 0. The van der Waals surface area contributed by atoms with Crippen LogP contribution in [0.2, 0.25) is 0 Å². The Morgan fingerprint density at radius 1 is 1.44 bits per heavy atom. The molecule has 90 valence electrons. The Labute approximate surface area is 94.9 Å². The summed E-state index contributed by atoms with van der Waals surface area (Å²) in [5, 5.41) is 2.90. The second-order valence-corrected chi connectivity index (χ2v) is 5.27. The number of hydrogen-bond donors (Lipinski definition) is 2. The lowest BCUT2D eigenvalue weighted by Crippen LogP contribution is -2.37. The van der Waals surface area contributed by atoms with Gasteiger partial charge in [-0.05, 0) is 32.2 Å². The zero-order chi connectivity index (χ0) is 12.2. The molecule has 0 bridgehead atoms. The number of likely N-dealkylation sites (N-methyl/N-ethyl adjacent to an activating group) is 1. The zero-order valence-electron chi connectivity index (χ0n) is 9.20. The van der Waals surface area contributed by atoms with Gasteiger partial charge >= 0.3 is 0 Å². The van der Waals surface area contributed by atoms with Crippen molar-refractivity contribution in [1.29, 1.82) is 0 Å². The molecule has 0 radical (unpaired) electrons. The van der Waals surface area contributed by atoms with E-state index in [1.165, 1.54) is 18.2 Å². The van der Waals surface area contributed by atoms with Crippen molar-refractivity contribution in [2.75, 3.05) is 13.6 Å². The van der Waals surface area contributed by atoms with E-state index >= 15 is 0 Å². The van der Waals surface area contributed by atoms with Crippen molar-refractivity contribution in [2.24, 2.45) is 0 Å². The maximum atomic E-state index is 12.9. The smallest absolute Gasteiger partial charge is 0.240 e. The Morgan fingerprint density at radius 3 is 2.69 bits per heavy atom. The molecule has 1 aromatic rings. The van der Waals surface area contributed by atoms with Crippen molar-refractivity contribution in [2.45, 2.75) is 17.9 Å². The quantitative estimate of drug-likeness (QED) is 0.804. The molecular formula is C10H15FN2O2S. The first-order chi connectivity index (χ1) is 7.45. The third-order valence-corrected chi connectivity index (χ3v) is 3.60. The number of sulfonamides is 1. The Morgan fingerprint density at radius 2 is 2.12 bits per heavy atom. The molecule has 1 atom stereocenters. The first-order valence-corrected chi connectivity index (χ1v) is 6.36. The van der Waals surface area contributed by atoms with Crippen molar-refractivity contribution in [3.05, 3.63) is 30.1 Å². The van der Waals surface area contributed by atoms with Crippen molar-refractivity contribution < 1.29 is 12.8 Å². The van der Waals surface area contributed by atoms with Crippen LogP contribution in [0.25, 0.3) is 0 Å². The average Bonchev–Trinajstić information content (AvgIpc) is 2.26. The third kappa shape index (κ3) is 3.55. The summed E-state index contributed by atoms with van der Waals surface area (Å²) >= 11 is 0. The fraction of sp³-hybridized carbons (Fsp3) is 0.400. The van der Waals surface area contributed by atoms with Crippen molar-refractivity contribution in [3.8, 4) is 0 Å². The van der Waals surface area contributed by atoms with Gasteiger partial charge in [0.15, 0.2) is 0 Å². The second-order valence-electron chi connectivity index (χ2n) is 3.50. The van der Waals surface area contributed by atoms with Gasteiger partial charge in [0.1, 0.15) is 5.82 Å². The molecular weight excluding hydrogens is 231 g/mol. The fourth-order valence-electron chi connectivity index (χ4n) is 1.05. The predicted octanol–water partition coefficient (Wildman–Crippen LogP) is 0.712. The molecule has 6 heteroatoms. The number of nitrogens with one attached hydrogen (secondary N) is 2. The molecule has 1 aromatic carbocycles. The summed E-state index contributed by atoms with van der Waals surface area (Å²) in [6, 6.07) is 4.94. The van der Waals surface area contributed by atoms with E-state index in [2.05, 4.69) is 10.0 Å². The average molecular weight is 246 g/mol. The zero-order valence-corrected chi connectivity index (χ0v) is 10.0. The summed E-state index contributed by atoms with van der Waals surface area (Å²) in [6.07, 6.45) is 0. The minimum atomic E-state index is -3.62. The van der Waals surface area contributed by atoms with Crippen molar-refractivity contribution in [3.63, 3.8) is 0 Å². The second kappa shape index (κ2) is 5.38. The van der Waals surface area contributed by atoms with Gasteiger partial charge in [-0.3, -0.25) is 0 Å². The Kier molecular flexibility index (Phi) is 4.40. The summed E-state index contributed by atoms with van der Waals surface area (Å²) in [6.45, 7) is 2.10. The maximum Gasteiger partial charge on any atom is 0.240 e. The SMILES string of the molecule is CNC(C)CNS(=O)(=O)c1cccc(F)c1. The molecule has 4 nitrogen and oxygen atoms in total. The predicted molar refractivity (Wildman–Crippen MR) is 60.1 cm³/mol. The van der Waals surface area contributed by atoms with E-state index in [0.29, 0.717) is 0 Å². The van der Waals surface area contributed by atoms with E-state index in [4.69, 9.17) is 0 Å². The minimum absolute atomic E-state index is 0.0170. The number of halogens is 1. The van der Waals surface area contributed by atoms with Crippen LogP contribution in [0, 0.1) is 5.82 Å². The van der Waals surface area contributed by atoms with E-state index in [-0.39, 0.29) is 17.5 Å². The van der Waals surface area contributed by atoms with Crippen LogP contribution in [0.4, 0.5) is 4.39 Å². The molecule has 0 heterocycles. The highest BCUT2D eigenvalue weighted by molar-refractivity contribution is 7.89. The van der Waals surface area contributed by atoms with Gasteiger partial charge in [0.05, 0.1) is 4.90 Å². The highest BCUT2D eigenvalue weighted by atomic mass is 32.2. The van der Waals surface area contributed by atoms with Gasteiger partial charge in [-0.25, -0.2) is 17.5 Å². The van der Waals surface area contributed by atoms with Gasteiger partial charge < -0.3 is 5.32 Å². The molecule has 0 spiro atoms. The lowest BCUT2D eigenvalue weighted by atomic mass is 10.3. The van der Waals surface area contributed by atoms with E-state index in [0.717, 1.165) is 6.07 Å². The normalized spacial score (nSPS) is 13.7. The van der Waals surface area contributed by atoms with E-state index in [1.54, 1.807) is 7.05 Å². The molecule has 0 amide bonds. The van der Waals surface area contributed by atoms with Gasteiger partial charge in [0, 0.05) is 12.6 Å². The lowest BCUT2D eigenvalue weighted by Gasteiger charge is -2.11. The Bertz CT molecular complexity index is 448.